The van der Waals surface area contributed by atoms with Gasteiger partial charge < -0.3 is 20.6 Å². The van der Waals surface area contributed by atoms with E-state index in [-0.39, 0.29) is 22.9 Å². The smallest absolute Gasteiger partial charge is 0.395 e. The van der Waals surface area contributed by atoms with Crippen LogP contribution in [0.15, 0.2) is 47.6 Å². The molecule has 0 unspecified atom stereocenters. The number of carbonyl (C=O) groups excluding carboxylic acids is 1. The Morgan fingerprint density at radius 3 is 2.76 bits per heavy atom. The van der Waals surface area contributed by atoms with Crippen molar-refractivity contribution in [2.75, 3.05) is 16.9 Å². The number of benzene rings is 2. The van der Waals surface area contributed by atoms with Crippen LogP contribution in [0.4, 0.5) is 14.5 Å². The van der Waals surface area contributed by atoms with E-state index >= 15 is 0 Å². The SMILES string of the molecule is Nn1c(SCC(=O)Nc2ccc3c(c2)OC(F)(F)O3)nnc1-c1ccccc1Cl. The number of hydrogen-bond acceptors (Lipinski definition) is 7. The van der Waals surface area contributed by atoms with Gasteiger partial charge in [0.05, 0.1) is 10.8 Å². The van der Waals surface area contributed by atoms with E-state index in [0.29, 0.717) is 21.6 Å². The third-order valence-electron chi connectivity index (χ3n) is 3.80. The highest BCUT2D eigenvalue weighted by Crippen LogP contribution is 2.42. The molecule has 0 bridgehead atoms. The molecule has 3 N–H and O–H groups in total. The molecule has 1 aromatic heterocycles. The fourth-order valence-corrected chi connectivity index (χ4v) is 3.43. The molecule has 29 heavy (non-hydrogen) atoms. The zero-order valence-corrected chi connectivity index (χ0v) is 16.0. The monoisotopic (exact) mass is 439 g/mol. The number of carbonyl (C=O) groups is 1. The Bertz CT molecular complexity index is 1090. The van der Waals surface area contributed by atoms with Crippen LogP contribution in [0.2, 0.25) is 5.02 Å². The predicted molar refractivity (Wildman–Crippen MR) is 103 cm³/mol. The van der Waals surface area contributed by atoms with Crippen molar-refractivity contribution in [3.8, 4) is 22.9 Å². The molecule has 150 valence electrons. The van der Waals surface area contributed by atoms with Gasteiger partial charge in [-0.3, -0.25) is 4.79 Å². The Morgan fingerprint density at radius 2 is 1.97 bits per heavy atom. The van der Waals surface area contributed by atoms with Crippen LogP contribution in [-0.2, 0) is 4.79 Å². The quantitative estimate of drug-likeness (QED) is 0.464. The molecule has 0 aliphatic carbocycles. The van der Waals surface area contributed by atoms with E-state index in [4.69, 9.17) is 17.4 Å². The van der Waals surface area contributed by atoms with Crippen LogP contribution < -0.4 is 20.6 Å². The maximum Gasteiger partial charge on any atom is 0.586 e. The van der Waals surface area contributed by atoms with Gasteiger partial charge in [-0.15, -0.1) is 19.0 Å². The number of nitrogens with zero attached hydrogens (tertiary/aromatic N) is 3. The number of thioether (sulfide) groups is 1. The standard InChI is InChI=1S/C17H12ClF2N5O3S/c18-11-4-2-1-3-10(11)15-23-24-16(25(15)21)29-8-14(26)22-9-5-6-12-13(7-9)28-17(19,20)27-12/h1-7H,8,21H2,(H,22,26). The van der Waals surface area contributed by atoms with Gasteiger partial charge in [0.2, 0.25) is 11.1 Å². The fourth-order valence-electron chi connectivity index (χ4n) is 2.56. The number of rotatable bonds is 5. The van der Waals surface area contributed by atoms with Crippen molar-refractivity contribution in [3.63, 3.8) is 0 Å². The molecule has 12 heteroatoms. The van der Waals surface area contributed by atoms with Gasteiger partial charge in [0.1, 0.15) is 0 Å². The predicted octanol–water partition coefficient (Wildman–Crippen LogP) is 3.36. The number of nitrogen functional groups attached to an aromatic ring is 1. The van der Waals surface area contributed by atoms with Crippen LogP contribution in [-0.4, -0.2) is 32.8 Å². The van der Waals surface area contributed by atoms with Crippen molar-refractivity contribution in [2.24, 2.45) is 0 Å². The van der Waals surface area contributed by atoms with Crippen LogP contribution >= 0.6 is 23.4 Å². The second kappa shape index (κ2) is 7.41. The van der Waals surface area contributed by atoms with Gasteiger partial charge in [0, 0.05) is 17.3 Å². The van der Waals surface area contributed by atoms with E-state index in [9.17, 15) is 13.6 Å². The van der Waals surface area contributed by atoms with Gasteiger partial charge in [-0.2, -0.15) is 0 Å². The molecule has 1 aliphatic heterocycles. The van der Waals surface area contributed by atoms with Crippen molar-refractivity contribution in [3.05, 3.63) is 47.5 Å². The number of alkyl halides is 2. The van der Waals surface area contributed by atoms with E-state index < -0.39 is 12.2 Å². The summed E-state index contributed by atoms with van der Waals surface area (Å²) in [7, 11) is 0. The molecule has 2 heterocycles. The minimum Gasteiger partial charge on any atom is -0.395 e. The number of ether oxygens (including phenoxy) is 2. The highest BCUT2D eigenvalue weighted by atomic mass is 35.5. The summed E-state index contributed by atoms with van der Waals surface area (Å²) in [6.07, 6.45) is -3.72. The number of nitrogens with two attached hydrogens (primary N) is 1. The first-order valence-electron chi connectivity index (χ1n) is 8.10. The molecule has 0 atom stereocenters. The zero-order valence-electron chi connectivity index (χ0n) is 14.4. The number of amides is 1. The topological polar surface area (TPSA) is 104 Å². The van der Waals surface area contributed by atoms with Gasteiger partial charge in [-0.25, -0.2) is 4.68 Å². The first-order valence-corrected chi connectivity index (χ1v) is 9.47. The number of anilines is 1. The van der Waals surface area contributed by atoms with E-state index in [1.165, 1.54) is 22.9 Å². The zero-order chi connectivity index (χ0) is 20.6. The van der Waals surface area contributed by atoms with E-state index in [0.717, 1.165) is 11.8 Å². The minimum absolute atomic E-state index is 0.0392. The Morgan fingerprint density at radius 1 is 1.21 bits per heavy atom. The number of fused-ring (bicyclic) bond motifs is 1. The van der Waals surface area contributed by atoms with Crippen LogP contribution in [0.5, 0.6) is 11.5 Å². The lowest BCUT2D eigenvalue weighted by molar-refractivity contribution is -0.286. The van der Waals surface area contributed by atoms with E-state index in [2.05, 4.69) is 25.0 Å². The average molecular weight is 440 g/mol. The van der Waals surface area contributed by atoms with Crippen LogP contribution in [0.1, 0.15) is 0 Å². The maximum absolute atomic E-state index is 13.1. The van der Waals surface area contributed by atoms with Crippen LogP contribution in [0.25, 0.3) is 11.4 Å². The number of hydrogen-bond donors (Lipinski definition) is 2. The molecule has 1 amide bonds. The summed E-state index contributed by atoms with van der Waals surface area (Å²) in [5.74, 6) is 5.66. The van der Waals surface area contributed by atoms with Gasteiger partial charge in [-0.1, -0.05) is 35.5 Å². The van der Waals surface area contributed by atoms with Crippen molar-refractivity contribution < 1.29 is 23.0 Å². The molecule has 0 spiro atoms. The summed E-state index contributed by atoms with van der Waals surface area (Å²) in [6, 6.07) is 11.0. The molecule has 0 saturated heterocycles. The summed E-state index contributed by atoms with van der Waals surface area (Å²) >= 11 is 7.20. The molecule has 1 aliphatic rings. The molecule has 2 aromatic carbocycles. The Kier molecular flexibility index (Phi) is 4.92. The molecule has 0 fully saturated rings. The molecular formula is C17H12ClF2N5O3S. The number of halogens is 3. The van der Waals surface area contributed by atoms with E-state index in [1.54, 1.807) is 24.3 Å². The van der Waals surface area contributed by atoms with Crippen LogP contribution in [0.3, 0.4) is 0 Å². The number of nitrogens with one attached hydrogen (secondary N) is 1. The largest absolute Gasteiger partial charge is 0.586 e. The summed E-state index contributed by atoms with van der Waals surface area (Å²) in [5, 5.41) is 11.3. The summed E-state index contributed by atoms with van der Waals surface area (Å²) in [4.78, 5) is 12.2. The first-order chi connectivity index (χ1) is 13.8. The summed E-state index contributed by atoms with van der Waals surface area (Å²) in [5.41, 5.74) is 0.888. The molecule has 0 radical (unpaired) electrons. The van der Waals surface area contributed by atoms with Gasteiger partial charge in [0.15, 0.2) is 17.3 Å². The van der Waals surface area contributed by atoms with Crippen molar-refractivity contribution in [2.45, 2.75) is 11.5 Å². The lowest BCUT2D eigenvalue weighted by Crippen LogP contribution is -2.25. The van der Waals surface area contributed by atoms with Crippen molar-refractivity contribution >= 4 is 35.0 Å². The van der Waals surface area contributed by atoms with Gasteiger partial charge in [-0.05, 0) is 24.3 Å². The van der Waals surface area contributed by atoms with Crippen molar-refractivity contribution in [1.29, 1.82) is 0 Å². The Hall–Kier alpha value is -3.05. The molecular weight excluding hydrogens is 428 g/mol. The third-order valence-corrected chi connectivity index (χ3v) is 5.07. The number of aromatic nitrogens is 3. The summed E-state index contributed by atoms with van der Waals surface area (Å²) < 4.78 is 36.0. The van der Waals surface area contributed by atoms with Crippen molar-refractivity contribution in [1.82, 2.24) is 14.9 Å². The molecule has 3 aromatic rings. The lowest BCUT2D eigenvalue weighted by Gasteiger charge is -2.07. The summed E-state index contributed by atoms with van der Waals surface area (Å²) in [6.45, 7) is 0. The molecule has 8 nitrogen and oxygen atoms in total. The fraction of sp³-hybridized carbons (Fsp3) is 0.118. The normalized spacial score (nSPS) is 14.0. The highest BCUT2D eigenvalue weighted by molar-refractivity contribution is 7.99. The average Bonchev–Trinajstić information content (AvgIpc) is 3.18. The first kappa shape index (κ1) is 19.3. The maximum atomic E-state index is 13.1. The molecule has 4 rings (SSSR count). The van der Waals surface area contributed by atoms with Gasteiger partial charge >= 0.3 is 6.29 Å². The Balaban J connectivity index is 1.39. The third kappa shape index (κ3) is 4.05. The van der Waals surface area contributed by atoms with E-state index in [1.807, 2.05) is 0 Å². The Labute approximate surface area is 171 Å². The molecule has 0 saturated carbocycles. The highest BCUT2D eigenvalue weighted by Gasteiger charge is 2.43. The lowest BCUT2D eigenvalue weighted by atomic mass is 10.2. The van der Waals surface area contributed by atoms with Gasteiger partial charge in [0.25, 0.3) is 0 Å². The second-order valence-corrected chi connectivity index (χ2v) is 7.17. The second-order valence-electron chi connectivity index (χ2n) is 5.82. The van der Waals surface area contributed by atoms with Crippen LogP contribution in [0, 0.1) is 0 Å². The minimum atomic E-state index is -3.72.